The Bertz CT molecular complexity index is 2290. The lowest BCUT2D eigenvalue weighted by atomic mass is 9.68. The number of anilines is 3. The van der Waals surface area contributed by atoms with Crippen LogP contribution in [0.15, 0.2) is 188 Å². The van der Waals surface area contributed by atoms with E-state index in [-0.39, 0.29) is 0 Å². The molecule has 0 radical (unpaired) electrons. The standard InChI is InChI=1S/C49H35N/c1-5-15-36(16-6-1)38-25-29-42(30-26-38)50(43-31-27-39(28-32-43)37-17-7-2-8-18-37)44-33-34-48-46(35-44)45-23-13-14-24-47(45)49(48,40-19-9-3-10-20-40)41-21-11-4-12-22-41/h1-7,9-17,19-32,35H,8,18H2. The number of allylic oxidation sites excluding steroid dienone is 4. The molecule has 0 saturated heterocycles. The maximum Gasteiger partial charge on any atom is 0.0980 e. The molecule has 0 atom stereocenters. The van der Waals surface area contributed by atoms with Crippen molar-refractivity contribution in [2.24, 2.45) is 0 Å². The Labute approximate surface area is 295 Å². The number of nitrogens with zero attached hydrogens (tertiary/aromatic N) is 1. The summed E-state index contributed by atoms with van der Waals surface area (Å²) in [5.74, 6) is 0. The predicted molar refractivity (Wildman–Crippen MR) is 208 cm³/mol. The van der Waals surface area contributed by atoms with Crippen LogP contribution in [0.3, 0.4) is 0 Å². The van der Waals surface area contributed by atoms with Gasteiger partial charge in [-0.2, -0.15) is 0 Å². The molecule has 7 aromatic carbocycles. The van der Waals surface area contributed by atoms with Crippen molar-refractivity contribution < 1.29 is 0 Å². The molecular formula is C49H35N. The van der Waals surface area contributed by atoms with E-state index in [1.807, 2.05) is 0 Å². The van der Waals surface area contributed by atoms with E-state index in [0.717, 1.165) is 35.5 Å². The van der Waals surface area contributed by atoms with Crippen LogP contribution in [0.25, 0.3) is 27.8 Å². The zero-order valence-electron chi connectivity index (χ0n) is 27.8. The summed E-state index contributed by atoms with van der Waals surface area (Å²) in [6.07, 6.45) is 8.80. The first kappa shape index (κ1) is 29.8. The Morgan fingerprint density at radius 3 is 1.68 bits per heavy atom. The summed E-state index contributed by atoms with van der Waals surface area (Å²) in [4.78, 5) is 2.32. The second kappa shape index (κ2) is 12.6. The Morgan fingerprint density at radius 1 is 0.500 bits per heavy atom. The lowest BCUT2D eigenvalue weighted by Gasteiger charge is -2.32. The highest BCUT2D eigenvalue weighted by molar-refractivity contribution is 5.89. The average Bonchev–Trinajstić information content (AvgIpc) is 3.50. The van der Waals surface area contributed by atoms with Gasteiger partial charge in [0, 0.05) is 16.9 Å². The highest BCUT2D eigenvalue weighted by atomic mass is 15.1. The zero-order valence-corrected chi connectivity index (χ0v) is 27.8. The molecule has 2 aliphatic carbocycles. The van der Waals surface area contributed by atoms with Crippen LogP contribution in [0.1, 0.15) is 40.7 Å². The Morgan fingerprint density at radius 2 is 1.06 bits per heavy atom. The minimum atomic E-state index is -0.505. The average molecular weight is 638 g/mol. The molecule has 9 rings (SSSR count). The van der Waals surface area contributed by atoms with Crippen LogP contribution in [0.5, 0.6) is 0 Å². The monoisotopic (exact) mass is 637 g/mol. The molecule has 236 valence electrons. The van der Waals surface area contributed by atoms with Gasteiger partial charge < -0.3 is 4.90 Å². The van der Waals surface area contributed by atoms with Crippen molar-refractivity contribution >= 4 is 22.6 Å². The van der Waals surface area contributed by atoms with Crippen LogP contribution in [0, 0.1) is 12.1 Å². The second-order valence-electron chi connectivity index (χ2n) is 13.0. The second-order valence-corrected chi connectivity index (χ2v) is 13.0. The number of benzene rings is 6. The van der Waals surface area contributed by atoms with Crippen LogP contribution < -0.4 is 4.90 Å². The molecule has 0 spiro atoms. The summed E-state index contributed by atoms with van der Waals surface area (Å²) in [5.41, 5.74) is 14.9. The number of hydrogen-bond acceptors (Lipinski definition) is 1. The Balaban J connectivity index is 1.22. The summed E-state index contributed by atoms with van der Waals surface area (Å²) in [5, 5.41) is 0. The number of fused-ring (bicyclic) bond motifs is 3. The predicted octanol–water partition coefficient (Wildman–Crippen LogP) is 12.5. The summed E-state index contributed by atoms with van der Waals surface area (Å²) < 4.78 is 0. The van der Waals surface area contributed by atoms with Gasteiger partial charge in [-0.05, 0) is 99.3 Å². The summed E-state index contributed by atoms with van der Waals surface area (Å²) >= 11 is 0. The Kier molecular flexibility index (Phi) is 7.49. The smallest absolute Gasteiger partial charge is 0.0980 e. The molecule has 0 heterocycles. The van der Waals surface area contributed by atoms with Crippen molar-refractivity contribution in [2.75, 3.05) is 4.90 Å². The molecule has 0 amide bonds. The molecule has 0 N–H and O–H groups in total. The van der Waals surface area contributed by atoms with Gasteiger partial charge in [0.05, 0.1) is 11.1 Å². The van der Waals surface area contributed by atoms with Gasteiger partial charge in [0.15, 0.2) is 0 Å². The maximum atomic E-state index is 3.79. The lowest BCUT2D eigenvalue weighted by Crippen LogP contribution is -2.28. The van der Waals surface area contributed by atoms with Crippen molar-refractivity contribution in [2.45, 2.75) is 18.3 Å². The van der Waals surface area contributed by atoms with Crippen molar-refractivity contribution in [1.29, 1.82) is 0 Å². The molecule has 50 heavy (non-hydrogen) atoms. The van der Waals surface area contributed by atoms with Gasteiger partial charge in [-0.25, -0.2) is 0 Å². The molecular weight excluding hydrogens is 603 g/mol. The van der Waals surface area contributed by atoms with Gasteiger partial charge in [-0.1, -0.05) is 164 Å². The lowest BCUT2D eigenvalue weighted by molar-refractivity contribution is 0.769. The minimum Gasteiger partial charge on any atom is -0.303 e. The van der Waals surface area contributed by atoms with E-state index in [1.54, 1.807) is 0 Å². The molecule has 0 fully saturated rings. The topological polar surface area (TPSA) is 3.24 Å². The first-order valence-electron chi connectivity index (χ1n) is 17.4. The largest absolute Gasteiger partial charge is 0.303 e. The summed E-state index contributed by atoms with van der Waals surface area (Å²) in [7, 11) is 0. The number of hydrogen-bond donors (Lipinski definition) is 0. The van der Waals surface area contributed by atoms with E-state index in [2.05, 4.69) is 205 Å². The maximum absolute atomic E-state index is 3.79. The van der Waals surface area contributed by atoms with Gasteiger partial charge >= 0.3 is 0 Å². The normalized spacial score (nSPS) is 13.9. The van der Waals surface area contributed by atoms with Gasteiger partial charge in [0.2, 0.25) is 0 Å². The molecule has 2 aliphatic rings. The zero-order chi connectivity index (χ0) is 33.3. The Hall–Kier alpha value is -6.36. The van der Waals surface area contributed by atoms with Crippen LogP contribution in [0.4, 0.5) is 17.1 Å². The molecule has 0 saturated carbocycles. The fraction of sp³-hybridized carbons (Fsp3) is 0.0612. The van der Waals surface area contributed by atoms with Crippen molar-refractivity contribution in [3.8, 4) is 22.3 Å². The van der Waals surface area contributed by atoms with Crippen LogP contribution in [0.2, 0.25) is 0 Å². The molecule has 1 heteroatoms. The molecule has 0 unspecified atom stereocenters. The SMILES string of the molecule is c1c(N(c2ccc(C3=CC=CCC3)cc2)c2ccc(-c3ccccc3)cc2)cc2c(c#1)C(c1ccccc1)(c1ccccc1)c1ccccc1-2. The van der Waals surface area contributed by atoms with Crippen LogP contribution in [-0.2, 0) is 5.41 Å². The first-order valence-corrected chi connectivity index (χ1v) is 17.4. The molecule has 0 aliphatic heterocycles. The van der Waals surface area contributed by atoms with E-state index in [1.165, 1.54) is 50.1 Å². The molecule has 7 aromatic rings. The van der Waals surface area contributed by atoms with Crippen LogP contribution >= 0.6 is 0 Å². The van der Waals surface area contributed by atoms with E-state index in [4.69, 9.17) is 0 Å². The van der Waals surface area contributed by atoms with Crippen molar-refractivity contribution in [3.63, 3.8) is 0 Å². The molecule has 0 bridgehead atoms. The van der Waals surface area contributed by atoms with E-state index >= 15 is 0 Å². The number of rotatable bonds is 7. The van der Waals surface area contributed by atoms with Gasteiger partial charge in [0.1, 0.15) is 0 Å². The first-order chi connectivity index (χ1) is 24.8. The third-order valence-corrected chi connectivity index (χ3v) is 10.3. The third-order valence-electron chi connectivity index (χ3n) is 10.3. The van der Waals surface area contributed by atoms with E-state index in [0.29, 0.717) is 0 Å². The third kappa shape index (κ3) is 4.97. The van der Waals surface area contributed by atoms with E-state index < -0.39 is 5.41 Å². The fourth-order valence-corrected chi connectivity index (χ4v) is 7.92. The minimum absolute atomic E-state index is 0.505. The summed E-state index contributed by atoms with van der Waals surface area (Å²) in [6.45, 7) is 0. The van der Waals surface area contributed by atoms with Gasteiger partial charge in [0.25, 0.3) is 0 Å². The van der Waals surface area contributed by atoms with Gasteiger partial charge in [-0.15, -0.1) is 0 Å². The highest BCUT2D eigenvalue weighted by Gasteiger charge is 2.46. The fourth-order valence-electron chi connectivity index (χ4n) is 7.92. The quantitative estimate of drug-likeness (QED) is 0.168. The van der Waals surface area contributed by atoms with Crippen molar-refractivity contribution in [1.82, 2.24) is 0 Å². The molecule has 1 nitrogen and oxygen atoms in total. The van der Waals surface area contributed by atoms with Gasteiger partial charge in [-0.3, -0.25) is 0 Å². The van der Waals surface area contributed by atoms with E-state index in [9.17, 15) is 0 Å². The van der Waals surface area contributed by atoms with Crippen molar-refractivity contribution in [3.05, 3.63) is 228 Å². The summed E-state index contributed by atoms with van der Waals surface area (Å²) in [6, 6.07) is 68.9. The highest BCUT2D eigenvalue weighted by Crippen LogP contribution is 2.56. The van der Waals surface area contributed by atoms with Crippen LogP contribution in [-0.4, -0.2) is 0 Å². The molecule has 0 aromatic heterocycles.